The van der Waals surface area contributed by atoms with Crippen LogP contribution in [0.25, 0.3) is 11.1 Å². The number of piperazine rings is 1. The molecular formula is C40H49N5O4. The fraction of sp³-hybridized carbons (Fsp3) is 0.475. The smallest absolute Gasteiger partial charge is 0.264 e. The van der Waals surface area contributed by atoms with Crippen molar-refractivity contribution in [1.82, 2.24) is 19.3 Å². The number of fused-ring (bicyclic) bond motifs is 1. The molecule has 0 bridgehead atoms. The Bertz CT molecular complexity index is 1860. The summed E-state index contributed by atoms with van der Waals surface area (Å²) in [7, 11) is 5.18. The minimum Gasteiger partial charge on any atom is -0.496 e. The number of ether oxygens (including phenoxy) is 2. The lowest BCUT2D eigenvalue weighted by Crippen LogP contribution is -2.32. The quantitative estimate of drug-likeness (QED) is 0.160. The van der Waals surface area contributed by atoms with Gasteiger partial charge in [0.05, 0.1) is 25.8 Å². The zero-order chi connectivity index (χ0) is 35.2. The molecule has 9 nitrogen and oxygen atoms in total. The van der Waals surface area contributed by atoms with Gasteiger partial charge in [0.15, 0.2) is 0 Å². The first-order valence-electron chi connectivity index (χ1n) is 17.3. The van der Waals surface area contributed by atoms with E-state index in [9.17, 15) is 14.9 Å². The number of aryl methyl sites for hydroxylation is 1. The highest BCUT2D eigenvalue weighted by Crippen LogP contribution is 2.42. The summed E-state index contributed by atoms with van der Waals surface area (Å²) in [5, 5.41) is 9.75. The Kier molecular flexibility index (Phi) is 9.49. The van der Waals surface area contributed by atoms with Gasteiger partial charge in [-0.05, 0) is 66.5 Å². The molecule has 0 radical (unpaired) electrons. The molecule has 258 valence electrons. The van der Waals surface area contributed by atoms with Gasteiger partial charge in [-0.15, -0.1) is 0 Å². The van der Waals surface area contributed by atoms with E-state index in [1.165, 1.54) is 5.56 Å². The van der Waals surface area contributed by atoms with Crippen molar-refractivity contribution in [2.75, 3.05) is 33.9 Å². The van der Waals surface area contributed by atoms with E-state index in [-0.39, 0.29) is 28.5 Å². The molecule has 3 saturated heterocycles. The maximum absolute atomic E-state index is 13.4. The van der Waals surface area contributed by atoms with Gasteiger partial charge in [-0.3, -0.25) is 19.4 Å². The van der Waals surface area contributed by atoms with E-state index in [1.807, 2.05) is 45.7 Å². The summed E-state index contributed by atoms with van der Waals surface area (Å²) in [6, 6.07) is 15.9. The predicted molar refractivity (Wildman–Crippen MR) is 191 cm³/mol. The van der Waals surface area contributed by atoms with Crippen LogP contribution in [0.1, 0.15) is 67.5 Å². The lowest BCUT2D eigenvalue weighted by Gasteiger charge is -2.26. The van der Waals surface area contributed by atoms with Crippen LogP contribution in [0.2, 0.25) is 0 Å². The summed E-state index contributed by atoms with van der Waals surface area (Å²) in [5.74, 6) is 1.40. The second-order valence-electron chi connectivity index (χ2n) is 15.0. The number of amides is 1. The third kappa shape index (κ3) is 6.90. The fourth-order valence-corrected chi connectivity index (χ4v) is 7.79. The van der Waals surface area contributed by atoms with Crippen LogP contribution < -0.4 is 15.0 Å². The van der Waals surface area contributed by atoms with Crippen LogP contribution in [-0.2, 0) is 24.9 Å². The second-order valence-corrected chi connectivity index (χ2v) is 15.0. The summed E-state index contributed by atoms with van der Waals surface area (Å²) >= 11 is 0. The van der Waals surface area contributed by atoms with Gasteiger partial charge >= 0.3 is 0 Å². The SMILES string of the molecule is COc1cc(-c2cn(C)c(=O)c(C)c2C)cc(OC)c1CN1CC2C(C1)N2Cc1cccc(C2CCCN2C(=O)/C(C#N)=C/C(C)(C)C)c1. The molecule has 3 unspecified atom stereocenters. The topological polar surface area (TPSA) is 90.8 Å². The minimum atomic E-state index is -0.241. The number of allylic oxidation sites excluding steroid dienone is 1. The normalized spacial score (nSPS) is 22.2. The van der Waals surface area contributed by atoms with Crippen LogP contribution in [0.3, 0.4) is 0 Å². The number of nitriles is 1. The van der Waals surface area contributed by atoms with Crippen molar-refractivity contribution in [3.05, 3.63) is 92.4 Å². The molecule has 6 rings (SSSR count). The van der Waals surface area contributed by atoms with Gasteiger partial charge in [-0.2, -0.15) is 5.26 Å². The molecular weight excluding hydrogens is 614 g/mol. The number of carbonyl (C=O) groups is 1. The van der Waals surface area contributed by atoms with Crippen molar-refractivity contribution in [3.8, 4) is 28.7 Å². The van der Waals surface area contributed by atoms with Crippen molar-refractivity contribution < 1.29 is 14.3 Å². The maximum atomic E-state index is 13.4. The average molecular weight is 664 g/mol. The Morgan fingerprint density at radius 3 is 2.31 bits per heavy atom. The molecule has 3 aromatic rings. The number of hydrogen-bond donors (Lipinski definition) is 0. The maximum Gasteiger partial charge on any atom is 0.264 e. The largest absolute Gasteiger partial charge is 0.496 e. The summed E-state index contributed by atoms with van der Waals surface area (Å²) < 4.78 is 13.4. The predicted octanol–water partition coefficient (Wildman–Crippen LogP) is 5.91. The highest BCUT2D eigenvalue weighted by molar-refractivity contribution is 5.97. The minimum absolute atomic E-state index is 0.00789. The van der Waals surface area contributed by atoms with Crippen LogP contribution in [0.15, 0.2) is 59.0 Å². The third-order valence-electron chi connectivity index (χ3n) is 10.5. The van der Waals surface area contributed by atoms with Gasteiger partial charge in [0.1, 0.15) is 23.1 Å². The Hall–Kier alpha value is -4.39. The van der Waals surface area contributed by atoms with Crippen molar-refractivity contribution in [1.29, 1.82) is 5.26 Å². The van der Waals surface area contributed by atoms with E-state index >= 15 is 0 Å². The molecule has 3 aliphatic rings. The van der Waals surface area contributed by atoms with E-state index < -0.39 is 0 Å². The number of pyridine rings is 1. The first-order valence-corrected chi connectivity index (χ1v) is 17.3. The van der Waals surface area contributed by atoms with E-state index in [0.29, 0.717) is 18.6 Å². The molecule has 0 spiro atoms. The highest BCUT2D eigenvalue weighted by atomic mass is 16.5. The summed E-state index contributed by atoms with van der Waals surface area (Å²) in [6.07, 6.45) is 5.52. The standard InChI is InChI=1S/C40H49N5O4/c1-25-26(2)38(46)42(6)21-31(25)29-16-36(48-7)32(37(17-29)49-8)22-43-23-34-35(24-43)45(34)20-27-11-9-12-28(15-27)33-13-10-14-44(33)39(47)30(19-41)18-40(3,4)5/h9,11-12,15-18,21,33-35H,10,13-14,20,22-24H2,1-8H3/b30-18+. The number of rotatable bonds is 9. The van der Waals surface area contributed by atoms with Crippen molar-refractivity contribution in [3.63, 3.8) is 0 Å². The van der Waals surface area contributed by atoms with Gasteiger partial charge < -0.3 is 18.9 Å². The number of likely N-dealkylation sites (tertiary alicyclic amines) is 2. The van der Waals surface area contributed by atoms with E-state index in [1.54, 1.807) is 31.9 Å². The molecule has 3 fully saturated rings. The monoisotopic (exact) mass is 663 g/mol. The van der Waals surface area contributed by atoms with Gasteiger partial charge in [0.25, 0.3) is 11.5 Å². The number of methoxy groups -OCH3 is 2. The second kappa shape index (κ2) is 13.5. The first kappa shape index (κ1) is 34.5. The van der Waals surface area contributed by atoms with Gasteiger partial charge in [0, 0.05) is 69.2 Å². The Balaban J connectivity index is 1.12. The highest BCUT2D eigenvalue weighted by Gasteiger charge is 2.53. The molecule has 4 heterocycles. The molecule has 3 atom stereocenters. The fourth-order valence-electron chi connectivity index (χ4n) is 7.79. The van der Waals surface area contributed by atoms with E-state index in [2.05, 4.69) is 52.3 Å². The molecule has 1 aromatic heterocycles. The molecule has 0 N–H and O–H groups in total. The van der Waals surface area contributed by atoms with Crippen molar-refractivity contribution in [2.24, 2.45) is 12.5 Å². The van der Waals surface area contributed by atoms with Crippen LogP contribution in [-0.4, -0.2) is 71.1 Å². The zero-order valence-electron chi connectivity index (χ0n) is 30.2. The van der Waals surface area contributed by atoms with Crippen molar-refractivity contribution in [2.45, 2.75) is 78.7 Å². The Morgan fingerprint density at radius 2 is 1.69 bits per heavy atom. The summed E-state index contributed by atoms with van der Waals surface area (Å²) in [4.78, 5) is 32.8. The average Bonchev–Trinajstić information content (AvgIpc) is 3.42. The Morgan fingerprint density at radius 1 is 1.02 bits per heavy atom. The molecule has 49 heavy (non-hydrogen) atoms. The molecule has 3 aliphatic heterocycles. The third-order valence-corrected chi connectivity index (χ3v) is 10.5. The Labute approximate surface area is 290 Å². The van der Waals surface area contributed by atoms with Gasteiger partial charge in [-0.25, -0.2) is 0 Å². The van der Waals surface area contributed by atoms with Crippen LogP contribution >= 0.6 is 0 Å². The molecule has 9 heteroatoms. The van der Waals surface area contributed by atoms with Gasteiger partial charge in [0.2, 0.25) is 0 Å². The molecule has 2 aromatic carbocycles. The summed E-state index contributed by atoms with van der Waals surface area (Å²) in [6.45, 7) is 14.1. The number of aromatic nitrogens is 1. The summed E-state index contributed by atoms with van der Waals surface area (Å²) in [5.41, 5.74) is 7.09. The lowest BCUT2D eigenvalue weighted by atomic mass is 9.93. The van der Waals surface area contributed by atoms with E-state index in [0.717, 1.165) is 83.9 Å². The van der Waals surface area contributed by atoms with E-state index in [4.69, 9.17) is 9.47 Å². The van der Waals surface area contributed by atoms with Crippen LogP contribution in [0, 0.1) is 30.6 Å². The molecule has 1 amide bonds. The number of hydrogen-bond acceptors (Lipinski definition) is 7. The number of carbonyl (C=O) groups excluding carboxylic acids is 1. The van der Waals surface area contributed by atoms with Gasteiger partial charge in [-0.1, -0.05) is 51.1 Å². The molecule has 0 saturated carbocycles. The number of nitrogens with zero attached hydrogens (tertiary/aromatic N) is 5. The first-order chi connectivity index (χ1) is 23.3. The van der Waals surface area contributed by atoms with Crippen molar-refractivity contribution >= 4 is 5.91 Å². The van der Waals surface area contributed by atoms with Crippen LogP contribution in [0.4, 0.5) is 0 Å². The van der Waals surface area contributed by atoms with Crippen LogP contribution in [0.5, 0.6) is 11.5 Å². The zero-order valence-corrected chi connectivity index (χ0v) is 30.2. The molecule has 0 aliphatic carbocycles. The number of benzene rings is 2. The lowest BCUT2D eigenvalue weighted by molar-refractivity contribution is -0.127.